The standard InChI is InChI=1S/C27H31N3O3/c1-4-9-26(31)28-14-16-29(17-15-28)27(32)24-19-25(21-10-6-5-7-11-21)30(20(24)2)22-12-8-13-23(18-22)33-3/h5-8,10-13,18-19H,4,9,14-17H2,1-3H3. The molecule has 0 bridgehead atoms. The molecule has 1 aliphatic rings. The van der Waals surface area contributed by atoms with Crippen LogP contribution in [0.3, 0.4) is 0 Å². The Morgan fingerprint density at radius 1 is 0.909 bits per heavy atom. The number of ether oxygens (including phenoxy) is 1. The van der Waals surface area contributed by atoms with Crippen LogP contribution in [0.4, 0.5) is 0 Å². The maximum Gasteiger partial charge on any atom is 0.255 e. The van der Waals surface area contributed by atoms with E-state index in [1.54, 1.807) is 7.11 Å². The van der Waals surface area contributed by atoms with E-state index in [2.05, 4.69) is 16.7 Å². The van der Waals surface area contributed by atoms with Crippen molar-refractivity contribution in [3.63, 3.8) is 0 Å². The van der Waals surface area contributed by atoms with Gasteiger partial charge in [-0.25, -0.2) is 0 Å². The Labute approximate surface area is 195 Å². The first-order valence-electron chi connectivity index (χ1n) is 11.5. The van der Waals surface area contributed by atoms with Crippen LogP contribution < -0.4 is 4.74 Å². The van der Waals surface area contributed by atoms with Crippen molar-refractivity contribution < 1.29 is 14.3 Å². The molecule has 1 fully saturated rings. The highest BCUT2D eigenvalue weighted by Crippen LogP contribution is 2.31. The van der Waals surface area contributed by atoms with Crippen LogP contribution >= 0.6 is 0 Å². The summed E-state index contributed by atoms with van der Waals surface area (Å²) < 4.78 is 7.55. The van der Waals surface area contributed by atoms with Gasteiger partial charge < -0.3 is 19.1 Å². The summed E-state index contributed by atoms with van der Waals surface area (Å²) in [5.41, 5.74) is 4.51. The SMILES string of the molecule is CCCC(=O)N1CCN(C(=O)c2cc(-c3ccccc3)n(-c3cccc(OC)c3)c2C)CC1. The Balaban J connectivity index is 1.68. The summed E-state index contributed by atoms with van der Waals surface area (Å²) in [5.74, 6) is 0.950. The van der Waals surface area contributed by atoms with Gasteiger partial charge in [0.25, 0.3) is 5.91 Å². The zero-order valence-corrected chi connectivity index (χ0v) is 19.6. The average Bonchev–Trinajstić information content (AvgIpc) is 3.21. The number of piperazine rings is 1. The highest BCUT2D eigenvalue weighted by molar-refractivity contribution is 5.97. The molecule has 2 amide bonds. The van der Waals surface area contributed by atoms with Crippen molar-refractivity contribution in [2.45, 2.75) is 26.7 Å². The van der Waals surface area contributed by atoms with Gasteiger partial charge in [0.15, 0.2) is 0 Å². The van der Waals surface area contributed by atoms with Crippen LogP contribution in [-0.2, 0) is 4.79 Å². The third-order valence-corrected chi connectivity index (χ3v) is 6.24. The minimum atomic E-state index is 0.00826. The molecule has 6 heteroatoms. The number of carbonyl (C=O) groups is 2. The lowest BCUT2D eigenvalue weighted by molar-refractivity contribution is -0.132. The van der Waals surface area contributed by atoms with Crippen molar-refractivity contribution in [1.82, 2.24) is 14.4 Å². The summed E-state index contributed by atoms with van der Waals surface area (Å²) >= 11 is 0. The Morgan fingerprint density at radius 3 is 2.27 bits per heavy atom. The number of nitrogens with zero attached hydrogens (tertiary/aromatic N) is 3. The van der Waals surface area contributed by atoms with Crippen LogP contribution in [0.25, 0.3) is 16.9 Å². The maximum absolute atomic E-state index is 13.6. The normalized spacial score (nSPS) is 13.8. The molecule has 0 spiro atoms. The van der Waals surface area contributed by atoms with Crippen molar-refractivity contribution >= 4 is 11.8 Å². The Hall–Kier alpha value is -3.54. The molecule has 0 unspecified atom stereocenters. The van der Waals surface area contributed by atoms with E-state index in [0.29, 0.717) is 38.2 Å². The third kappa shape index (κ3) is 4.65. The summed E-state index contributed by atoms with van der Waals surface area (Å²) in [5, 5.41) is 0. The summed E-state index contributed by atoms with van der Waals surface area (Å²) in [6, 6.07) is 20.0. The molecule has 4 rings (SSSR count). The highest BCUT2D eigenvalue weighted by atomic mass is 16.5. The largest absolute Gasteiger partial charge is 0.497 e. The Bertz CT molecular complexity index is 1130. The lowest BCUT2D eigenvalue weighted by atomic mass is 10.1. The molecule has 33 heavy (non-hydrogen) atoms. The van der Waals surface area contributed by atoms with Gasteiger partial charge >= 0.3 is 0 Å². The quantitative estimate of drug-likeness (QED) is 0.560. The van der Waals surface area contributed by atoms with Crippen LogP contribution in [0.15, 0.2) is 60.7 Å². The topological polar surface area (TPSA) is 54.8 Å². The molecule has 172 valence electrons. The third-order valence-electron chi connectivity index (χ3n) is 6.24. The predicted octanol–water partition coefficient (Wildman–Crippen LogP) is 4.55. The molecular weight excluding hydrogens is 414 g/mol. The number of benzene rings is 2. The van der Waals surface area contributed by atoms with Crippen molar-refractivity contribution in [2.75, 3.05) is 33.3 Å². The van der Waals surface area contributed by atoms with Gasteiger partial charge in [-0.2, -0.15) is 0 Å². The molecule has 1 aliphatic heterocycles. The van der Waals surface area contributed by atoms with Crippen LogP contribution in [-0.4, -0.2) is 59.5 Å². The van der Waals surface area contributed by atoms with E-state index in [0.717, 1.165) is 34.8 Å². The fourth-order valence-corrected chi connectivity index (χ4v) is 4.43. The van der Waals surface area contributed by atoms with E-state index < -0.39 is 0 Å². The van der Waals surface area contributed by atoms with Crippen LogP contribution in [0.5, 0.6) is 5.75 Å². The molecule has 2 heterocycles. The first-order chi connectivity index (χ1) is 16.0. The zero-order chi connectivity index (χ0) is 23.4. The minimum absolute atomic E-state index is 0.00826. The molecule has 0 saturated carbocycles. The molecule has 1 aromatic heterocycles. The average molecular weight is 446 g/mol. The smallest absolute Gasteiger partial charge is 0.255 e. The molecule has 0 radical (unpaired) electrons. The molecular formula is C27H31N3O3. The molecule has 0 N–H and O–H groups in total. The lowest BCUT2D eigenvalue weighted by Gasteiger charge is -2.34. The maximum atomic E-state index is 13.6. The number of amides is 2. The fraction of sp³-hybridized carbons (Fsp3) is 0.333. The van der Waals surface area contributed by atoms with E-state index in [1.165, 1.54) is 0 Å². The molecule has 6 nitrogen and oxygen atoms in total. The number of methoxy groups -OCH3 is 1. The fourth-order valence-electron chi connectivity index (χ4n) is 4.43. The number of aromatic nitrogens is 1. The summed E-state index contributed by atoms with van der Waals surface area (Å²) in [6.45, 7) is 6.28. The van der Waals surface area contributed by atoms with Crippen molar-refractivity contribution in [3.05, 3.63) is 71.9 Å². The molecule has 1 saturated heterocycles. The van der Waals surface area contributed by atoms with Gasteiger partial charge in [-0.15, -0.1) is 0 Å². The first kappa shape index (κ1) is 22.6. The summed E-state index contributed by atoms with van der Waals surface area (Å²) in [7, 11) is 1.65. The van der Waals surface area contributed by atoms with Gasteiger partial charge in [0.1, 0.15) is 5.75 Å². The van der Waals surface area contributed by atoms with Crippen molar-refractivity contribution in [2.24, 2.45) is 0 Å². The van der Waals surface area contributed by atoms with Gasteiger partial charge in [0.2, 0.25) is 5.91 Å². The number of rotatable bonds is 6. The van der Waals surface area contributed by atoms with Crippen LogP contribution in [0.1, 0.15) is 35.8 Å². The van der Waals surface area contributed by atoms with Crippen molar-refractivity contribution in [3.8, 4) is 22.7 Å². The van der Waals surface area contributed by atoms with Gasteiger partial charge in [-0.1, -0.05) is 43.3 Å². The Kier molecular flexibility index (Phi) is 6.82. The second-order valence-corrected chi connectivity index (χ2v) is 8.35. The first-order valence-corrected chi connectivity index (χ1v) is 11.5. The molecule has 3 aromatic rings. The van der Waals surface area contributed by atoms with Gasteiger partial charge in [-0.3, -0.25) is 9.59 Å². The van der Waals surface area contributed by atoms with E-state index in [4.69, 9.17) is 4.74 Å². The summed E-state index contributed by atoms with van der Waals surface area (Å²) in [4.78, 5) is 29.5. The van der Waals surface area contributed by atoms with E-state index in [-0.39, 0.29) is 11.8 Å². The van der Waals surface area contributed by atoms with Crippen molar-refractivity contribution in [1.29, 1.82) is 0 Å². The Morgan fingerprint density at radius 2 is 1.61 bits per heavy atom. The molecule has 2 aromatic carbocycles. The van der Waals surface area contributed by atoms with Gasteiger partial charge in [-0.05, 0) is 37.1 Å². The van der Waals surface area contributed by atoms with E-state index in [9.17, 15) is 9.59 Å². The molecule has 0 atom stereocenters. The monoisotopic (exact) mass is 445 g/mol. The highest BCUT2D eigenvalue weighted by Gasteiger charge is 2.28. The number of hydrogen-bond donors (Lipinski definition) is 0. The molecule has 0 aliphatic carbocycles. The summed E-state index contributed by atoms with van der Waals surface area (Å²) in [6.07, 6.45) is 1.41. The number of hydrogen-bond acceptors (Lipinski definition) is 3. The van der Waals surface area contributed by atoms with Gasteiger partial charge in [0, 0.05) is 50.0 Å². The second-order valence-electron chi connectivity index (χ2n) is 8.35. The second kappa shape index (κ2) is 9.94. The zero-order valence-electron chi connectivity index (χ0n) is 19.6. The minimum Gasteiger partial charge on any atom is -0.497 e. The van der Waals surface area contributed by atoms with E-state index >= 15 is 0 Å². The predicted molar refractivity (Wildman–Crippen MR) is 130 cm³/mol. The van der Waals surface area contributed by atoms with Crippen LogP contribution in [0.2, 0.25) is 0 Å². The van der Waals surface area contributed by atoms with E-state index in [1.807, 2.05) is 72.2 Å². The van der Waals surface area contributed by atoms with Crippen LogP contribution in [0, 0.1) is 6.92 Å². The lowest BCUT2D eigenvalue weighted by Crippen LogP contribution is -2.50. The van der Waals surface area contributed by atoms with Gasteiger partial charge in [0.05, 0.1) is 18.4 Å². The number of carbonyl (C=O) groups excluding carboxylic acids is 2.